The zero-order valence-corrected chi connectivity index (χ0v) is 21.0. The van der Waals surface area contributed by atoms with Crippen LogP contribution in [0.4, 0.5) is 0 Å². The number of ether oxygens (including phenoxy) is 3. The normalized spacial score (nSPS) is 11.2. The third-order valence-corrected chi connectivity index (χ3v) is 5.92. The van der Waals surface area contributed by atoms with Crippen molar-refractivity contribution in [3.05, 3.63) is 95.3 Å². The molecule has 8 heteroatoms. The fraction of sp³-hybridized carbons (Fsp3) is 0.172. The molecule has 0 saturated carbocycles. The average Bonchev–Trinajstić information content (AvgIpc) is 3.34. The van der Waals surface area contributed by atoms with Crippen molar-refractivity contribution < 1.29 is 23.8 Å². The lowest BCUT2D eigenvalue weighted by atomic mass is 10.1. The number of hydrogen-bond donors (Lipinski definition) is 3. The molecule has 1 heterocycles. The summed E-state index contributed by atoms with van der Waals surface area (Å²) < 4.78 is 16.0. The predicted octanol–water partition coefficient (Wildman–Crippen LogP) is 4.32. The monoisotopic (exact) mass is 499 g/mol. The zero-order chi connectivity index (χ0) is 26.2. The van der Waals surface area contributed by atoms with E-state index in [1.165, 1.54) is 0 Å². The van der Waals surface area contributed by atoms with E-state index < -0.39 is 5.91 Å². The number of carbonyl (C=O) groups is 2. The smallest absolute Gasteiger partial charge is 0.267 e. The summed E-state index contributed by atoms with van der Waals surface area (Å²) in [4.78, 5) is 29.4. The number of methoxy groups -OCH3 is 3. The van der Waals surface area contributed by atoms with E-state index in [9.17, 15) is 9.59 Å². The van der Waals surface area contributed by atoms with Crippen LogP contribution in [0.15, 0.2) is 78.6 Å². The van der Waals surface area contributed by atoms with Crippen molar-refractivity contribution in [2.24, 2.45) is 0 Å². The minimum Gasteiger partial charge on any atom is -0.497 e. The van der Waals surface area contributed by atoms with Crippen LogP contribution in [0.5, 0.6) is 17.2 Å². The molecule has 190 valence electrons. The Kier molecular flexibility index (Phi) is 8.10. The highest BCUT2D eigenvalue weighted by molar-refractivity contribution is 6.06. The second-order valence-electron chi connectivity index (χ2n) is 8.22. The maximum absolute atomic E-state index is 13.3. The van der Waals surface area contributed by atoms with Crippen molar-refractivity contribution in [2.45, 2.75) is 6.42 Å². The van der Waals surface area contributed by atoms with Gasteiger partial charge in [-0.2, -0.15) is 0 Å². The van der Waals surface area contributed by atoms with Gasteiger partial charge in [0.1, 0.15) is 22.9 Å². The largest absolute Gasteiger partial charge is 0.497 e. The molecule has 2 amide bonds. The highest BCUT2D eigenvalue weighted by Crippen LogP contribution is 2.26. The van der Waals surface area contributed by atoms with E-state index in [1.807, 2.05) is 36.4 Å². The van der Waals surface area contributed by atoms with E-state index in [0.717, 1.165) is 22.0 Å². The van der Waals surface area contributed by atoms with E-state index in [-0.39, 0.29) is 11.6 Å². The Morgan fingerprint density at radius 2 is 1.62 bits per heavy atom. The number of H-pyrrole nitrogens is 1. The SMILES string of the molecule is COc1ccc(CCNC(=O)/C(=C/c2c[nH]c3ccc(OC)cc23)NC(=O)c2ccccc2)c(OC)c1. The first kappa shape index (κ1) is 25.4. The van der Waals surface area contributed by atoms with Crippen LogP contribution in [0.3, 0.4) is 0 Å². The minimum atomic E-state index is -0.408. The van der Waals surface area contributed by atoms with E-state index in [4.69, 9.17) is 14.2 Å². The number of hydrogen-bond acceptors (Lipinski definition) is 5. The molecular weight excluding hydrogens is 470 g/mol. The molecule has 4 rings (SSSR count). The van der Waals surface area contributed by atoms with Crippen LogP contribution >= 0.6 is 0 Å². The number of benzene rings is 3. The minimum absolute atomic E-state index is 0.124. The third kappa shape index (κ3) is 6.10. The molecule has 1 aromatic heterocycles. The molecule has 3 aromatic carbocycles. The van der Waals surface area contributed by atoms with Gasteiger partial charge in [0.25, 0.3) is 11.8 Å². The van der Waals surface area contributed by atoms with Crippen molar-refractivity contribution in [2.75, 3.05) is 27.9 Å². The first-order valence-corrected chi connectivity index (χ1v) is 11.7. The number of aromatic nitrogens is 1. The Hall–Kier alpha value is -4.72. The van der Waals surface area contributed by atoms with Crippen molar-refractivity contribution in [1.82, 2.24) is 15.6 Å². The topological polar surface area (TPSA) is 102 Å². The van der Waals surface area contributed by atoms with Crippen molar-refractivity contribution in [3.63, 3.8) is 0 Å². The van der Waals surface area contributed by atoms with E-state index in [0.29, 0.717) is 35.8 Å². The number of carbonyl (C=O) groups excluding carboxylic acids is 2. The summed E-state index contributed by atoms with van der Waals surface area (Å²) in [6.45, 7) is 0.335. The van der Waals surface area contributed by atoms with Crippen LogP contribution in [0.1, 0.15) is 21.5 Å². The molecule has 0 radical (unpaired) electrons. The van der Waals surface area contributed by atoms with E-state index >= 15 is 0 Å². The van der Waals surface area contributed by atoms with Crippen LogP contribution in [-0.2, 0) is 11.2 Å². The molecule has 0 unspecified atom stereocenters. The van der Waals surface area contributed by atoms with Crippen LogP contribution < -0.4 is 24.8 Å². The standard InChI is InChI=1S/C29H29N3O5/c1-35-22-11-12-25-24(16-22)21(18-31-25)15-26(32-28(33)20-7-5-4-6-8-20)29(34)30-14-13-19-9-10-23(36-2)17-27(19)37-3/h4-12,15-18,31H,13-14H2,1-3H3,(H,30,34)(H,32,33)/b26-15-. The van der Waals surface area contributed by atoms with Gasteiger partial charge in [0, 0.05) is 40.8 Å². The molecule has 0 atom stereocenters. The number of amides is 2. The lowest BCUT2D eigenvalue weighted by molar-refractivity contribution is -0.117. The molecule has 0 saturated heterocycles. The molecule has 0 aliphatic carbocycles. The van der Waals surface area contributed by atoms with Gasteiger partial charge in [-0.05, 0) is 54.5 Å². The summed E-state index contributed by atoms with van der Waals surface area (Å²) in [5.41, 5.74) is 3.12. The maximum Gasteiger partial charge on any atom is 0.267 e. The first-order valence-electron chi connectivity index (χ1n) is 11.7. The zero-order valence-electron chi connectivity index (χ0n) is 21.0. The molecular formula is C29H29N3O5. The average molecular weight is 500 g/mol. The lowest BCUT2D eigenvalue weighted by Gasteiger charge is -2.13. The Labute approximate surface area is 215 Å². The molecule has 3 N–H and O–H groups in total. The lowest BCUT2D eigenvalue weighted by Crippen LogP contribution is -2.35. The summed E-state index contributed by atoms with van der Waals surface area (Å²) in [6.07, 6.45) is 3.97. The molecule has 0 aliphatic heterocycles. The van der Waals surface area contributed by atoms with E-state index in [2.05, 4.69) is 15.6 Å². The Morgan fingerprint density at radius 1 is 0.892 bits per heavy atom. The molecule has 0 spiro atoms. The van der Waals surface area contributed by atoms with Crippen LogP contribution in [0.25, 0.3) is 17.0 Å². The van der Waals surface area contributed by atoms with Gasteiger partial charge in [-0.15, -0.1) is 0 Å². The van der Waals surface area contributed by atoms with Gasteiger partial charge in [-0.3, -0.25) is 9.59 Å². The summed E-state index contributed by atoms with van der Waals surface area (Å²) in [6, 6.07) is 19.9. The summed E-state index contributed by atoms with van der Waals surface area (Å²) >= 11 is 0. The first-order chi connectivity index (χ1) is 18.0. The molecule has 0 aliphatic rings. The quantitative estimate of drug-likeness (QED) is 0.282. The van der Waals surface area contributed by atoms with Crippen LogP contribution in [0.2, 0.25) is 0 Å². The fourth-order valence-corrected chi connectivity index (χ4v) is 3.93. The van der Waals surface area contributed by atoms with Crippen molar-refractivity contribution in [1.29, 1.82) is 0 Å². The van der Waals surface area contributed by atoms with Crippen molar-refractivity contribution >= 4 is 28.8 Å². The molecule has 0 bridgehead atoms. The molecule has 37 heavy (non-hydrogen) atoms. The van der Waals surface area contributed by atoms with Gasteiger partial charge in [-0.25, -0.2) is 0 Å². The van der Waals surface area contributed by atoms with Crippen LogP contribution in [0, 0.1) is 0 Å². The van der Waals surface area contributed by atoms with Crippen molar-refractivity contribution in [3.8, 4) is 17.2 Å². The number of rotatable bonds is 10. The third-order valence-electron chi connectivity index (χ3n) is 5.92. The molecule has 8 nitrogen and oxygen atoms in total. The highest BCUT2D eigenvalue weighted by atomic mass is 16.5. The number of aromatic amines is 1. The van der Waals surface area contributed by atoms with E-state index in [1.54, 1.807) is 63.9 Å². The van der Waals surface area contributed by atoms with Gasteiger partial charge in [-0.1, -0.05) is 24.3 Å². The summed E-state index contributed by atoms with van der Waals surface area (Å²) in [7, 11) is 4.78. The summed E-state index contributed by atoms with van der Waals surface area (Å²) in [5, 5.41) is 6.54. The van der Waals surface area contributed by atoms with Gasteiger partial charge >= 0.3 is 0 Å². The Morgan fingerprint density at radius 3 is 2.35 bits per heavy atom. The molecule has 0 fully saturated rings. The second kappa shape index (κ2) is 11.8. The molecule has 4 aromatic rings. The maximum atomic E-state index is 13.3. The second-order valence-corrected chi connectivity index (χ2v) is 8.22. The van der Waals surface area contributed by atoms with Gasteiger partial charge < -0.3 is 29.8 Å². The van der Waals surface area contributed by atoms with Gasteiger partial charge in [0.05, 0.1) is 21.3 Å². The number of nitrogens with one attached hydrogen (secondary N) is 3. The van der Waals surface area contributed by atoms with Crippen LogP contribution in [-0.4, -0.2) is 44.7 Å². The number of fused-ring (bicyclic) bond motifs is 1. The summed E-state index contributed by atoms with van der Waals surface area (Å²) in [5.74, 6) is 1.27. The Bertz CT molecular complexity index is 1430. The van der Waals surface area contributed by atoms with Gasteiger partial charge in [0.2, 0.25) is 0 Å². The fourth-order valence-electron chi connectivity index (χ4n) is 3.93. The Balaban J connectivity index is 1.57. The predicted molar refractivity (Wildman–Crippen MR) is 143 cm³/mol. The highest BCUT2D eigenvalue weighted by Gasteiger charge is 2.16. The van der Waals surface area contributed by atoms with Gasteiger partial charge in [0.15, 0.2) is 0 Å².